The average Bonchev–Trinajstić information content (AvgIpc) is 2.16. The maximum atomic E-state index is 6.23. The Bertz CT molecular complexity index is 177. The van der Waals surface area contributed by atoms with E-state index in [2.05, 4.69) is 39.6 Å². The van der Waals surface area contributed by atoms with E-state index < -0.39 is 0 Å². The van der Waals surface area contributed by atoms with Gasteiger partial charge in [0.25, 0.3) is 0 Å². The third-order valence-corrected chi connectivity index (χ3v) is 3.03. The molecule has 0 spiro atoms. The van der Waals surface area contributed by atoms with Crippen molar-refractivity contribution in [2.24, 2.45) is 11.1 Å². The van der Waals surface area contributed by atoms with Gasteiger partial charge in [-0.05, 0) is 25.8 Å². The summed E-state index contributed by atoms with van der Waals surface area (Å²) in [5.74, 6) is 0. The SMILES string of the molecule is CCOCCN(C)C(C(N)CC)C(C)(C)C. The molecule has 0 aliphatic rings. The van der Waals surface area contributed by atoms with Crippen LogP contribution in [0.2, 0.25) is 0 Å². The first-order valence-corrected chi connectivity index (χ1v) is 6.38. The molecule has 2 atom stereocenters. The highest BCUT2D eigenvalue weighted by molar-refractivity contribution is 4.89. The van der Waals surface area contributed by atoms with E-state index in [1.165, 1.54) is 0 Å². The molecule has 16 heavy (non-hydrogen) atoms. The monoisotopic (exact) mass is 230 g/mol. The van der Waals surface area contributed by atoms with Crippen LogP contribution in [0.4, 0.5) is 0 Å². The summed E-state index contributed by atoms with van der Waals surface area (Å²) in [5.41, 5.74) is 6.43. The Morgan fingerprint density at radius 1 is 1.25 bits per heavy atom. The van der Waals surface area contributed by atoms with Crippen LogP contribution in [0, 0.1) is 5.41 Å². The minimum absolute atomic E-state index is 0.205. The van der Waals surface area contributed by atoms with Crippen LogP contribution in [0.25, 0.3) is 0 Å². The van der Waals surface area contributed by atoms with E-state index in [-0.39, 0.29) is 11.5 Å². The van der Waals surface area contributed by atoms with E-state index in [1.54, 1.807) is 0 Å². The lowest BCUT2D eigenvalue weighted by Crippen LogP contribution is -2.53. The molecule has 2 N–H and O–H groups in total. The molecule has 0 aliphatic carbocycles. The van der Waals surface area contributed by atoms with E-state index in [4.69, 9.17) is 10.5 Å². The van der Waals surface area contributed by atoms with Crippen LogP contribution in [-0.4, -0.2) is 43.8 Å². The fraction of sp³-hybridized carbons (Fsp3) is 1.00. The van der Waals surface area contributed by atoms with Gasteiger partial charge in [0.1, 0.15) is 0 Å². The first kappa shape index (κ1) is 15.9. The van der Waals surface area contributed by atoms with Gasteiger partial charge in [0.2, 0.25) is 0 Å². The number of nitrogens with zero attached hydrogens (tertiary/aromatic N) is 1. The number of likely N-dealkylation sites (N-methyl/N-ethyl adjacent to an activating group) is 1. The molecule has 0 aromatic carbocycles. The van der Waals surface area contributed by atoms with Gasteiger partial charge in [-0.25, -0.2) is 0 Å². The zero-order valence-corrected chi connectivity index (χ0v) is 11.9. The van der Waals surface area contributed by atoms with Crippen molar-refractivity contribution in [2.45, 2.75) is 53.1 Å². The Kier molecular flexibility index (Phi) is 7.20. The first-order chi connectivity index (χ1) is 7.34. The van der Waals surface area contributed by atoms with Crippen LogP contribution < -0.4 is 5.73 Å². The fourth-order valence-corrected chi connectivity index (χ4v) is 2.35. The summed E-state index contributed by atoms with van der Waals surface area (Å²) < 4.78 is 5.40. The third-order valence-electron chi connectivity index (χ3n) is 3.03. The van der Waals surface area contributed by atoms with Crippen LogP contribution in [-0.2, 0) is 4.74 Å². The van der Waals surface area contributed by atoms with E-state index in [0.29, 0.717) is 6.04 Å². The van der Waals surface area contributed by atoms with Crippen molar-refractivity contribution >= 4 is 0 Å². The van der Waals surface area contributed by atoms with Crippen molar-refractivity contribution in [2.75, 3.05) is 26.8 Å². The van der Waals surface area contributed by atoms with Gasteiger partial charge < -0.3 is 10.5 Å². The summed E-state index contributed by atoms with van der Waals surface area (Å²) in [5, 5.41) is 0. The quantitative estimate of drug-likeness (QED) is 0.681. The van der Waals surface area contributed by atoms with Crippen LogP contribution in [0.1, 0.15) is 41.0 Å². The van der Waals surface area contributed by atoms with Crippen LogP contribution in [0.15, 0.2) is 0 Å². The van der Waals surface area contributed by atoms with Gasteiger partial charge in [0, 0.05) is 25.2 Å². The standard InChI is InChI=1S/C13H30N2O/c1-7-11(14)12(13(3,4)5)15(6)9-10-16-8-2/h11-12H,7-10,14H2,1-6H3. The zero-order valence-electron chi connectivity index (χ0n) is 11.9. The Morgan fingerprint density at radius 2 is 1.81 bits per heavy atom. The minimum atomic E-state index is 0.205. The van der Waals surface area contributed by atoms with Crippen molar-refractivity contribution in [1.29, 1.82) is 0 Å². The highest BCUT2D eigenvalue weighted by atomic mass is 16.5. The maximum absolute atomic E-state index is 6.23. The second-order valence-electron chi connectivity index (χ2n) is 5.56. The second-order valence-corrected chi connectivity index (χ2v) is 5.56. The predicted octanol–water partition coefficient (Wildman–Crippen LogP) is 2.11. The first-order valence-electron chi connectivity index (χ1n) is 6.38. The molecule has 98 valence electrons. The number of rotatable bonds is 7. The molecule has 0 amide bonds. The zero-order chi connectivity index (χ0) is 12.8. The van der Waals surface area contributed by atoms with Gasteiger partial charge in [-0.1, -0.05) is 27.7 Å². The summed E-state index contributed by atoms with van der Waals surface area (Å²) in [6, 6.07) is 0.629. The molecule has 0 saturated heterocycles. The summed E-state index contributed by atoms with van der Waals surface area (Å²) in [6.07, 6.45) is 1.01. The predicted molar refractivity (Wildman–Crippen MR) is 70.6 cm³/mol. The smallest absolute Gasteiger partial charge is 0.0593 e. The Balaban J connectivity index is 4.39. The largest absolute Gasteiger partial charge is 0.380 e. The summed E-state index contributed by atoms with van der Waals surface area (Å²) in [4.78, 5) is 2.34. The van der Waals surface area contributed by atoms with Gasteiger partial charge in [-0.2, -0.15) is 0 Å². The van der Waals surface area contributed by atoms with Crippen molar-refractivity contribution in [3.05, 3.63) is 0 Å². The van der Waals surface area contributed by atoms with Gasteiger partial charge in [-0.15, -0.1) is 0 Å². The van der Waals surface area contributed by atoms with Crippen LogP contribution >= 0.6 is 0 Å². The van der Waals surface area contributed by atoms with E-state index in [0.717, 1.165) is 26.2 Å². The Hall–Kier alpha value is -0.120. The molecule has 0 bridgehead atoms. The molecule has 0 fully saturated rings. The Morgan fingerprint density at radius 3 is 2.19 bits per heavy atom. The fourth-order valence-electron chi connectivity index (χ4n) is 2.35. The lowest BCUT2D eigenvalue weighted by molar-refractivity contribution is 0.0597. The maximum Gasteiger partial charge on any atom is 0.0593 e. The molecule has 0 aromatic rings. The van der Waals surface area contributed by atoms with Gasteiger partial charge in [0.05, 0.1) is 6.61 Å². The van der Waals surface area contributed by atoms with Crippen molar-refractivity contribution in [1.82, 2.24) is 4.90 Å². The molecular formula is C13H30N2O. The summed E-state index contributed by atoms with van der Waals surface area (Å²) in [6.45, 7) is 13.5. The number of nitrogens with two attached hydrogens (primary N) is 1. The van der Waals surface area contributed by atoms with E-state index >= 15 is 0 Å². The number of hydrogen-bond acceptors (Lipinski definition) is 3. The van der Waals surface area contributed by atoms with Gasteiger partial charge >= 0.3 is 0 Å². The lowest BCUT2D eigenvalue weighted by atomic mass is 9.80. The third kappa shape index (κ3) is 5.28. The van der Waals surface area contributed by atoms with Crippen molar-refractivity contribution < 1.29 is 4.74 Å². The van der Waals surface area contributed by atoms with Gasteiger partial charge in [0.15, 0.2) is 0 Å². The normalized spacial score (nSPS) is 16.5. The molecule has 0 saturated carbocycles. The van der Waals surface area contributed by atoms with Crippen molar-refractivity contribution in [3.63, 3.8) is 0 Å². The molecule has 2 unspecified atom stereocenters. The molecule has 0 radical (unpaired) electrons. The number of ether oxygens (including phenoxy) is 1. The highest BCUT2D eigenvalue weighted by Crippen LogP contribution is 2.26. The highest BCUT2D eigenvalue weighted by Gasteiger charge is 2.32. The average molecular weight is 230 g/mol. The van der Waals surface area contributed by atoms with E-state index in [1.807, 2.05) is 6.92 Å². The van der Waals surface area contributed by atoms with Crippen LogP contribution in [0.3, 0.4) is 0 Å². The molecule has 0 heterocycles. The minimum Gasteiger partial charge on any atom is -0.380 e. The Labute approximate surface area is 101 Å². The van der Waals surface area contributed by atoms with E-state index in [9.17, 15) is 0 Å². The molecule has 0 aliphatic heterocycles. The molecule has 3 nitrogen and oxygen atoms in total. The number of hydrogen-bond donors (Lipinski definition) is 1. The summed E-state index contributed by atoms with van der Waals surface area (Å²) in [7, 11) is 2.14. The molecule has 0 aromatic heterocycles. The lowest BCUT2D eigenvalue weighted by Gasteiger charge is -2.41. The van der Waals surface area contributed by atoms with Crippen molar-refractivity contribution in [3.8, 4) is 0 Å². The van der Waals surface area contributed by atoms with Crippen LogP contribution in [0.5, 0.6) is 0 Å². The topological polar surface area (TPSA) is 38.5 Å². The molecular weight excluding hydrogens is 200 g/mol. The molecule has 3 heteroatoms. The second kappa shape index (κ2) is 7.25. The molecule has 0 rings (SSSR count). The summed E-state index contributed by atoms with van der Waals surface area (Å²) >= 11 is 0. The van der Waals surface area contributed by atoms with Gasteiger partial charge in [-0.3, -0.25) is 4.90 Å².